The van der Waals surface area contributed by atoms with Crippen LogP contribution in [0, 0.1) is 0 Å². The van der Waals surface area contributed by atoms with Gasteiger partial charge in [0.25, 0.3) is 0 Å². The quantitative estimate of drug-likeness (QED) is 0.452. The zero-order valence-corrected chi connectivity index (χ0v) is 13.7. The molecule has 0 atom stereocenters. The molecule has 0 aliphatic rings. The van der Waals surface area contributed by atoms with Crippen LogP contribution < -0.4 is 0 Å². The van der Waals surface area contributed by atoms with Crippen molar-refractivity contribution in [3.63, 3.8) is 0 Å². The summed E-state index contributed by atoms with van der Waals surface area (Å²) < 4.78 is 5.93. The largest absolute Gasteiger partial charge is 0.454 e. The van der Waals surface area contributed by atoms with Gasteiger partial charge in [0.05, 0.1) is 5.56 Å². The van der Waals surface area contributed by atoms with Crippen molar-refractivity contribution in [2.24, 2.45) is 0 Å². The summed E-state index contributed by atoms with van der Waals surface area (Å²) >= 11 is 4.90. The monoisotopic (exact) mass is 364 g/mol. The highest BCUT2D eigenvalue weighted by Crippen LogP contribution is 2.15. The first kappa shape index (κ1) is 15.8. The fourth-order valence-corrected chi connectivity index (χ4v) is 2.33. The molecule has 0 aliphatic heterocycles. The topological polar surface area (TPSA) is 43.4 Å². The number of carbonyl (C=O) groups excluding carboxylic acids is 2. The van der Waals surface area contributed by atoms with Crippen LogP contribution in [0.5, 0.6) is 0 Å². The number of hydrogen-bond acceptors (Lipinski definition) is 4. The smallest absolute Gasteiger partial charge is 0.338 e. The maximum absolute atomic E-state index is 11.9. The van der Waals surface area contributed by atoms with Gasteiger partial charge in [-0.15, -0.1) is 11.8 Å². The van der Waals surface area contributed by atoms with Crippen LogP contribution in [-0.2, 0) is 4.74 Å². The molecule has 0 saturated heterocycles. The number of hydrogen-bond donors (Lipinski definition) is 0. The fourth-order valence-electron chi connectivity index (χ4n) is 1.66. The maximum atomic E-state index is 11.9. The third kappa shape index (κ3) is 4.44. The molecular weight excluding hydrogens is 352 g/mol. The molecule has 0 heterocycles. The minimum atomic E-state index is -0.492. The number of halogens is 1. The third-order valence-electron chi connectivity index (χ3n) is 2.83. The molecule has 108 valence electrons. The molecule has 0 radical (unpaired) electrons. The molecule has 3 nitrogen and oxygen atoms in total. The lowest BCUT2D eigenvalue weighted by Gasteiger charge is -2.05. The number of ether oxygens (including phenoxy) is 1. The summed E-state index contributed by atoms with van der Waals surface area (Å²) in [6.07, 6.45) is 1.96. The van der Waals surface area contributed by atoms with E-state index in [4.69, 9.17) is 4.74 Å². The van der Waals surface area contributed by atoms with Crippen LogP contribution in [0.3, 0.4) is 0 Å². The lowest BCUT2D eigenvalue weighted by Crippen LogP contribution is -2.14. The first-order valence-corrected chi connectivity index (χ1v) is 8.22. The summed E-state index contributed by atoms with van der Waals surface area (Å²) in [7, 11) is 0. The number of rotatable bonds is 5. The molecule has 0 bridgehead atoms. The summed E-state index contributed by atoms with van der Waals surface area (Å²) in [5, 5.41) is 0. The highest BCUT2D eigenvalue weighted by Gasteiger charge is 2.11. The second-order valence-electron chi connectivity index (χ2n) is 4.23. The first-order chi connectivity index (χ1) is 10.1. The summed E-state index contributed by atoms with van der Waals surface area (Å²) in [4.78, 5) is 24.8. The second kappa shape index (κ2) is 7.43. The highest BCUT2D eigenvalue weighted by atomic mass is 79.9. The molecule has 5 heteroatoms. The Morgan fingerprint density at radius 3 is 2.14 bits per heavy atom. The van der Waals surface area contributed by atoms with E-state index in [9.17, 15) is 9.59 Å². The van der Waals surface area contributed by atoms with Gasteiger partial charge in [0.1, 0.15) is 0 Å². The van der Waals surface area contributed by atoms with Crippen LogP contribution in [0.1, 0.15) is 20.7 Å². The minimum absolute atomic E-state index is 0.225. The number of thioether (sulfide) groups is 1. The lowest BCUT2D eigenvalue weighted by atomic mass is 10.1. The molecule has 0 aliphatic carbocycles. The van der Waals surface area contributed by atoms with Crippen LogP contribution >= 0.6 is 27.7 Å². The summed E-state index contributed by atoms with van der Waals surface area (Å²) in [5.41, 5.74) is 0.958. The van der Waals surface area contributed by atoms with Gasteiger partial charge in [-0.2, -0.15) is 0 Å². The Labute approximate surface area is 135 Å². The van der Waals surface area contributed by atoms with Gasteiger partial charge < -0.3 is 4.74 Å². The zero-order valence-electron chi connectivity index (χ0n) is 11.3. The van der Waals surface area contributed by atoms with Gasteiger partial charge in [0.2, 0.25) is 0 Å². The molecule has 2 aromatic carbocycles. The van der Waals surface area contributed by atoms with Crippen LogP contribution in [0.15, 0.2) is 57.9 Å². The first-order valence-electron chi connectivity index (χ1n) is 6.20. The number of benzene rings is 2. The van der Waals surface area contributed by atoms with Crippen molar-refractivity contribution in [1.82, 2.24) is 0 Å². The van der Waals surface area contributed by atoms with Gasteiger partial charge in [-0.1, -0.05) is 28.1 Å². The van der Waals surface area contributed by atoms with Crippen molar-refractivity contribution < 1.29 is 14.3 Å². The molecule has 0 aromatic heterocycles. The molecule has 2 aromatic rings. The van der Waals surface area contributed by atoms with E-state index in [0.29, 0.717) is 11.1 Å². The fraction of sp³-hybridized carbons (Fsp3) is 0.125. The van der Waals surface area contributed by atoms with E-state index in [0.717, 1.165) is 9.37 Å². The second-order valence-corrected chi connectivity index (χ2v) is 6.03. The van der Waals surface area contributed by atoms with Crippen LogP contribution in [0.2, 0.25) is 0 Å². The maximum Gasteiger partial charge on any atom is 0.338 e. The van der Waals surface area contributed by atoms with Crippen molar-refractivity contribution in [3.05, 3.63) is 64.1 Å². The van der Waals surface area contributed by atoms with Gasteiger partial charge in [0.15, 0.2) is 12.4 Å². The third-order valence-corrected chi connectivity index (χ3v) is 4.10. The molecular formula is C16H13BrO3S. The van der Waals surface area contributed by atoms with Crippen molar-refractivity contribution >= 4 is 39.4 Å². The molecule has 2 rings (SSSR count). The van der Waals surface area contributed by atoms with Gasteiger partial charge >= 0.3 is 5.97 Å². The van der Waals surface area contributed by atoms with Gasteiger partial charge in [-0.3, -0.25) is 4.79 Å². The predicted molar refractivity (Wildman–Crippen MR) is 87.0 cm³/mol. The molecule has 21 heavy (non-hydrogen) atoms. The summed E-state index contributed by atoms with van der Waals surface area (Å²) in [6.45, 7) is -0.259. The number of esters is 1. The predicted octanol–water partition coefficient (Wildman–Crippen LogP) is 4.21. The molecule has 0 amide bonds. The molecule has 0 spiro atoms. The van der Waals surface area contributed by atoms with Crippen molar-refractivity contribution in [3.8, 4) is 0 Å². The van der Waals surface area contributed by atoms with E-state index < -0.39 is 5.97 Å². The van der Waals surface area contributed by atoms with E-state index in [1.54, 1.807) is 48.2 Å². The van der Waals surface area contributed by atoms with E-state index >= 15 is 0 Å². The van der Waals surface area contributed by atoms with Crippen LogP contribution in [0.4, 0.5) is 0 Å². The SMILES string of the molecule is CSc1ccc(C(=O)OCC(=O)c2ccc(Br)cc2)cc1. The molecule has 0 N–H and O–H groups in total. The summed E-state index contributed by atoms with van der Waals surface area (Å²) in [5.74, 6) is -0.718. The Balaban J connectivity index is 1.93. The number of Topliss-reactive ketones (excluding diaryl/α,β-unsaturated/α-hetero) is 1. The van der Waals surface area contributed by atoms with Crippen LogP contribution in [-0.4, -0.2) is 24.6 Å². The summed E-state index contributed by atoms with van der Waals surface area (Å²) in [6, 6.07) is 14.0. The normalized spacial score (nSPS) is 10.2. The van der Waals surface area contributed by atoms with Crippen LogP contribution in [0.25, 0.3) is 0 Å². The van der Waals surface area contributed by atoms with E-state index in [1.165, 1.54) is 0 Å². The van der Waals surface area contributed by atoms with Crippen molar-refractivity contribution in [2.75, 3.05) is 12.9 Å². The van der Waals surface area contributed by atoms with Gasteiger partial charge in [0, 0.05) is 14.9 Å². The molecule has 0 saturated carbocycles. The number of carbonyl (C=O) groups is 2. The Morgan fingerprint density at radius 1 is 1.00 bits per heavy atom. The Kier molecular flexibility index (Phi) is 5.59. The molecule has 0 fully saturated rings. The average Bonchev–Trinajstić information content (AvgIpc) is 2.53. The van der Waals surface area contributed by atoms with Gasteiger partial charge in [-0.05, 0) is 42.7 Å². The minimum Gasteiger partial charge on any atom is -0.454 e. The van der Waals surface area contributed by atoms with Gasteiger partial charge in [-0.25, -0.2) is 4.79 Å². The van der Waals surface area contributed by atoms with E-state index in [1.807, 2.05) is 18.4 Å². The zero-order chi connectivity index (χ0) is 15.2. The van der Waals surface area contributed by atoms with Crippen molar-refractivity contribution in [2.45, 2.75) is 4.90 Å². The number of ketones is 1. The average molecular weight is 365 g/mol. The highest BCUT2D eigenvalue weighted by molar-refractivity contribution is 9.10. The lowest BCUT2D eigenvalue weighted by molar-refractivity contribution is 0.0474. The Morgan fingerprint density at radius 2 is 1.57 bits per heavy atom. The van der Waals surface area contributed by atoms with E-state index in [2.05, 4.69) is 15.9 Å². The standard InChI is InChI=1S/C16H13BrO3S/c1-21-14-8-4-12(5-9-14)16(19)20-10-15(18)11-2-6-13(17)7-3-11/h2-9H,10H2,1H3. The van der Waals surface area contributed by atoms with E-state index in [-0.39, 0.29) is 12.4 Å². The Hall–Kier alpha value is -1.59. The van der Waals surface area contributed by atoms with Crippen molar-refractivity contribution in [1.29, 1.82) is 0 Å². The molecule has 0 unspecified atom stereocenters. The Bertz CT molecular complexity index is 636.